The van der Waals surface area contributed by atoms with Crippen LogP contribution < -0.4 is 4.90 Å². The number of nitriles is 1. The van der Waals surface area contributed by atoms with Gasteiger partial charge in [0, 0.05) is 23.8 Å². The van der Waals surface area contributed by atoms with Crippen molar-refractivity contribution in [3.05, 3.63) is 28.8 Å². The summed E-state index contributed by atoms with van der Waals surface area (Å²) in [4.78, 5) is 2.27. The maximum atomic E-state index is 9.29. The monoisotopic (exact) mass is 262 g/mol. The van der Waals surface area contributed by atoms with Crippen molar-refractivity contribution in [2.75, 3.05) is 18.0 Å². The van der Waals surface area contributed by atoms with E-state index in [1.807, 2.05) is 19.1 Å². The Morgan fingerprint density at radius 2 is 2.17 bits per heavy atom. The lowest BCUT2D eigenvalue weighted by Crippen LogP contribution is -2.44. The number of aryl methyl sites for hydroxylation is 1. The summed E-state index contributed by atoms with van der Waals surface area (Å²) in [5.74, 6) is 0.0753. The number of benzene rings is 1. The number of halogens is 1. The van der Waals surface area contributed by atoms with E-state index in [1.54, 1.807) is 0 Å². The third kappa shape index (κ3) is 2.47. The van der Waals surface area contributed by atoms with Crippen molar-refractivity contribution >= 4 is 17.3 Å². The second-order valence-electron chi connectivity index (χ2n) is 5.80. The molecule has 1 atom stereocenters. The highest BCUT2D eigenvalue weighted by Crippen LogP contribution is 2.37. The van der Waals surface area contributed by atoms with Crippen molar-refractivity contribution in [2.24, 2.45) is 11.3 Å². The van der Waals surface area contributed by atoms with E-state index in [0.717, 1.165) is 35.8 Å². The Morgan fingerprint density at radius 3 is 2.78 bits per heavy atom. The maximum Gasteiger partial charge on any atom is 0.0690 e. The summed E-state index contributed by atoms with van der Waals surface area (Å²) in [6.07, 6.45) is 1.04. The largest absolute Gasteiger partial charge is 0.370 e. The van der Waals surface area contributed by atoms with Crippen molar-refractivity contribution < 1.29 is 0 Å². The highest BCUT2D eigenvalue weighted by atomic mass is 35.5. The Balaban J connectivity index is 2.21. The van der Waals surface area contributed by atoms with Gasteiger partial charge in [-0.1, -0.05) is 31.5 Å². The molecular formula is C15H19ClN2. The number of nitrogens with zero attached hydrogens (tertiary/aromatic N) is 2. The second kappa shape index (κ2) is 4.82. The molecule has 1 aromatic carbocycles. The lowest BCUT2D eigenvalue weighted by Gasteiger charge is -2.41. The van der Waals surface area contributed by atoms with Gasteiger partial charge in [-0.25, -0.2) is 0 Å². The fourth-order valence-corrected chi connectivity index (χ4v) is 2.56. The molecule has 2 nitrogen and oxygen atoms in total. The van der Waals surface area contributed by atoms with Gasteiger partial charge in [0.15, 0.2) is 0 Å². The fourth-order valence-electron chi connectivity index (χ4n) is 2.38. The minimum Gasteiger partial charge on any atom is -0.370 e. The molecule has 0 aliphatic carbocycles. The first-order chi connectivity index (χ1) is 8.44. The van der Waals surface area contributed by atoms with E-state index in [4.69, 9.17) is 11.6 Å². The molecular weight excluding hydrogens is 244 g/mol. The van der Waals surface area contributed by atoms with Gasteiger partial charge >= 0.3 is 0 Å². The minimum absolute atomic E-state index is 0.0753. The summed E-state index contributed by atoms with van der Waals surface area (Å²) < 4.78 is 0. The smallest absolute Gasteiger partial charge is 0.0690 e. The van der Waals surface area contributed by atoms with Gasteiger partial charge in [0.1, 0.15) is 0 Å². The molecule has 0 N–H and O–H groups in total. The average Bonchev–Trinajstić information content (AvgIpc) is 2.32. The molecule has 0 bridgehead atoms. The van der Waals surface area contributed by atoms with Crippen LogP contribution in [0.25, 0.3) is 0 Å². The van der Waals surface area contributed by atoms with Crippen LogP contribution in [0.3, 0.4) is 0 Å². The van der Waals surface area contributed by atoms with Crippen molar-refractivity contribution in [1.29, 1.82) is 5.26 Å². The Morgan fingerprint density at radius 1 is 1.44 bits per heavy atom. The van der Waals surface area contributed by atoms with Crippen LogP contribution in [0.15, 0.2) is 18.2 Å². The van der Waals surface area contributed by atoms with Crippen LogP contribution in [0.4, 0.5) is 5.69 Å². The molecule has 1 saturated heterocycles. The first kappa shape index (κ1) is 13.2. The van der Waals surface area contributed by atoms with Crippen LogP contribution in [-0.4, -0.2) is 13.1 Å². The molecule has 0 spiro atoms. The molecule has 1 aliphatic rings. The molecule has 0 aromatic heterocycles. The maximum absolute atomic E-state index is 9.29. The van der Waals surface area contributed by atoms with Crippen molar-refractivity contribution in [2.45, 2.75) is 27.2 Å². The third-order valence-corrected chi connectivity index (χ3v) is 4.46. The molecule has 2 rings (SSSR count). The fraction of sp³-hybridized carbons (Fsp3) is 0.533. The Hall–Kier alpha value is -1.20. The third-order valence-electron chi connectivity index (χ3n) is 4.05. The highest BCUT2D eigenvalue weighted by Gasteiger charge is 2.35. The summed E-state index contributed by atoms with van der Waals surface area (Å²) in [6, 6.07) is 8.58. The summed E-state index contributed by atoms with van der Waals surface area (Å²) in [5, 5.41) is 10.1. The Kier molecular flexibility index (Phi) is 3.54. The first-order valence-corrected chi connectivity index (χ1v) is 6.72. The number of piperidine rings is 1. The Bertz CT molecular complexity index is 488. The summed E-state index contributed by atoms with van der Waals surface area (Å²) in [7, 11) is 0. The van der Waals surface area contributed by atoms with Crippen LogP contribution in [0, 0.1) is 29.6 Å². The summed E-state index contributed by atoms with van der Waals surface area (Å²) >= 11 is 6.17. The van der Waals surface area contributed by atoms with Crippen molar-refractivity contribution in [3.8, 4) is 6.07 Å². The van der Waals surface area contributed by atoms with Gasteiger partial charge in [0.25, 0.3) is 0 Å². The number of rotatable bonds is 1. The van der Waals surface area contributed by atoms with Gasteiger partial charge in [-0.2, -0.15) is 5.26 Å². The molecule has 18 heavy (non-hydrogen) atoms. The van der Waals surface area contributed by atoms with Gasteiger partial charge in [-0.05, 0) is 36.5 Å². The van der Waals surface area contributed by atoms with Crippen LogP contribution in [0.2, 0.25) is 5.02 Å². The normalized spacial score (nSPS) is 22.6. The molecule has 1 aliphatic heterocycles. The van der Waals surface area contributed by atoms with E-state index >= 15 is 0 Å². The van der Waals surface area contributed by atoms with E-state index in [-0.39, 0.29) is 11.3 Å². The van der Waals surface area contributed by atoms with Gasteiger partial charge in [0.2, 0.25) is 0 Å². The average molecular weight is 263 g/mol. The van der Waals surface area contributed by atoms with E-state index in [0.29, 0.717) is 0 Å². The molecule has 0 radical (unpaired) electrons. The van der Waals surface area contributed by atoms with E-state index in [2.05, 4.69) is 30.9 Å². The zero-order valence-electron chi connectivity index (χ0n) is 11.2. The van der Waals surface area contributed by atoms with Crippen molar-refractivity contribution in [1.82, 2.24) is 0 Å². The molecule has 1 unspecified atom stereocenters. The summed E-state index contributed by atoms with van der Waals surface area (Å²) in [6.45, 7) is 8.15. The van der Waals surface area contributed by atoms with Crippen LogP contribution in [-0.2, 0) is 0 Å². The number of hydrogen-bond acceptors (Lipinski definition) is 2. The Labute approximate surface area is 114 Å². The molecule has 96 valence electrons. The topological polar surface area (TPSA) is 27.0 Å². The van der Waals surface area contributed by atoms with Crippen LogP contribution in [0.5, 0.6) is 0 Å². The van der Waals surface area contributed by atoms with Crippen molar-refractivity contribution in [3.63, 3.8) is 0 Å². The number of anilines is 1. The lowest BCUT2D eigenvalue weighted by molar-refractivity contribution is 0.217. The zero-order chi connectivity index (χ0) is 13.3. The van der Waals surface area contributed by atoms with Gasteiger partial charge in [-0.15, -0.1) is 0 Å². The molecule has 0 saturated carbocycles. The van der Waals surface area contributed by atoms with Crippen LogP contribution in [0.1, 0.15) is 25.8 Å². The predicted molar refractivity (Wildman–Crippen MR) is 75.9 cm³/mol. The van der Waals surface area contributed by atoms with E-state index in [1.165, 1.54) is 0 Å². The highest BCUT2D eigenvalue weighted by molar-refractivity contribution is 6.31. The number of hydrogen-bond donors (Lipinski definition) is 0. The second-order valence-corrected chi connectivity index (χ2v) is 6.21. The van der Waals surface area contributed by atoms with Crippen LogP contribution >= 0.6 is 11.6 Å². The SMILES string of the molecule is Cc1ccc(N2CCC(C)(C)C(C#N)C2)cc1Cl. The minimum atomic E-state index is 0.0753. The lowest BCUT2D eigenvalue weighted by atomic mass is 9.74. The van der Waals surface area contributed by atoms with E-state index in [9.17, 15) is 5.26 Å². The quantitative estimate of drug-likeness (QED) is 0.764. The predicted octanol–water partition coefficient (Wildman–Crippen LogP) is 4.02. The first-order valence-electron chi connectivity index (χ1n) is 6.35. The zero-order valence-corrected chi connectivity index (χ0v) is 12.0. The standard InChI is InChI=1S/C15H19ClN2/c1-11-4-5-13(8-14(11)16)18-7-6-15(2,3)12(9-17)10-18/h4-5,8,12H,6-7,10H2,1-3H3. The molecule has 1 fully saturated rings. The molecule has 0 amide bonds. The molecule has 1 aromatic rings. The van der Waals surface area contributed by atoms with Gasteiger partial charge < -0.3 is 4.90 Å². The molecule has 1 heterocycles. The van der Waals surface area contributed by atoms with Gasteiger partial charge in [-0.3, -0.25) is 0 Å². The van der Waals surface area contributed by atoms with E-state index < -0.39 is 0 Å². The molecule has 3 heteroatoms. The summed E-state index contributed by atoms with van der Waals surface area (Å²) in [5.41, 5.74) is 2.33. The van der Waals surface area contributed by atoms with Gasteiger partial charge in [0.05, 0.1) is 12.0 Å².